The molecule has 7 rings (SSSR count). The molecule has 2 aromatic heterocycles. The first-order valence-corrected chi connectivity index (χ1v) is 11.4. The van der Waals surface area contributed by atoms with E-state index in [1.807, 2.05) is 36.4 Å². The van der Waals surface area contributed by atoms with E-state index in [-0.39, 0.29) is 11.2 Å². The van der Waals surface area contributed by atoms with E-state index in [1.54, 1.807) is 6.33 Å². The first-order chi connectivity index (χ1) is 16.1. The van der Waals surface area contributed by atoms with E-state index in [1.165, 1.54) is 0 Å². The summed E-state index contributed by atoms with van der Waals surface area (Å²) in [5.41, 5.74) is 5.31. The minimum atomic E-state index is 0.0335. The molecule has 3 fully saturated rings. The van der Waals surface area contributed by atoms with Crippen molar-refractivity contribution in [2.75, 3.05) is 18.0 Å². The summed E-state index contributed by atoms with van der Waals surface area (Å²) in [4.78, 5) is 11.6. The predicted octanol–water partition coefficient (Wildman–Crippen LogP) is 4.46. The van der Waals surface area contributed by atoms with Crippen molar-refractivity contribution in [3.8, 4) is 28.6 Å². The third-order valence-electron chi connectivity index (χ3n) is 7.11. The maximum atomic E-state index is 9.26. The van der Waals surface area contributed by atoms with Gasteiger partial charge in [0.15, 0.2) is 0 Å². The second-order valence-electron chi connectivity index (χ2n) is 9.61. The molecule has 4 aromatic rings. The summed E-state index contributed by atoms with van der Waals surface area (Å²) in [5.74, 6) is 0.940. The molecule has 162 valence electrons. The number of anilines is 1. The van der Waals surface area contributed by atoms with Crippen LogP contribution in [0.5, 0.6) is 0 Å². The van der Waals surface area contributed by atoms with Gasteiger partial charge in [0.2, 0.25) is 0 Å². The van der Waals surface area contributed by atoms with E-state index in [2.05, 4.69) is 43.3 Å². The second-order valence-corrected chi connectivity index (χ2v) is 9.61. The molecule has 2 aromatic carbocycles. The number of morpholine rings is 1. The molecule has 0 unspecified atom stereocenters. The number of nitrogens with one attached hydrogen (secondary N) is 1. The third-order valence-corrected chi connectivity index (χ3v) is 7.11. The average molecular weight is 435 g/mol. The Hall–Kier alpha value is -3.76. The van der Waals surface area contributed by atoms with Gasteiger partial charge in [0.05, 0.1) is 34.0 Å². The second kappa shape index (κ2) is 6.63. The lowest BCUT2D eigenvalue weighted by atomic mass is 10.0. The van der Waals surface area contributed by atoms with Gasteiger partial charge in [0, 0.05) is 24.5 Å². The van der Waals surface area contributed by atoms with Gasteiger partial charge in [-0.3, -0.25) is 5.10 Å². The van der Waals surface area contributed by atoms with Crippen LogP contribution in [0.1, 0.15) is 31.2 Å². The number of aromatic amines is 1. The lowest BCUT2D eigenvalue weighted by molar-refractivity contribution is -0.0608. The van der Waals surface area contributed by atoms with Gasteiger partial charge in [-0.15, -0.1) is 0 Å². The molecular formula is C26H22N6O. The molecule has 0 amide bonds. The molecule has 1 N–H and O–H groups in total. The number of fused-ring (bicyclic) bond motifs is 1. The minimum absolute atomic E-state index is 0.0335. The molecule has 7 nitrogen and oxygen atoms in total. The van der Waals surface area contributed by atoms with Crippen molar-refractivity contribution < 1.29 is 4.74 Å². The number of rotatable bonds is 3. The lowest BCUT2D eigenvalue weighted by Crippen LogP contribution is -2.50. The Bertz CT molecular complexity index is 1420. The summed E-state index contributed by atoms with van der Waals surface area (Å²) in [6.45, 7) is 1.79. The first kappa shape index (κ1) is 18.8. The maximum Gasteiger partial charge on any atom is 0.132 e. The van der Waals surface area contributed by atoms with E-state index >= 15 is 0 Å². The van der Waals surface area contributed by atoms with Crippen molar-refractivity contribution >= 4 is 16.7 Å². The molecular weight excluding hydrogens is 412 g/mol. The highest BCUT2D eigenvalue weighted by atomic mass is 16.5. The standard InChI is InChI=1S/C26H22N6O/c27-13-17-2-1-3-18(10-17)19-4-5-21-20(11-19)24(31-30-21)22-12-23(29-16-28-22)32-14-25(6-7-25)33-26(15-32)8-9-26/h1-5,10-12,16H,6-9,14-15H2,(H,30,31). The van der Waals surface area contributed by atoms with E-state index in [0.717, 1.165) is 78.0 Å². The molecule has 3 aliphatic rings. The SMILES string of the molecule is N#Cc1cccc(-c2ccc3[nH]nc(-c4cc(N5CC6(CC6)OC6(CC6)C5)ncn4)c3c2)c1. The number of H-pyrrole nitrogens is 1. The van der Waals surface area contributed by atoms with Crippen LogP contribution in [0.3, 0.4) is 0 Å². The van der Waals surface area contributed by atoms with Gasteiger partial charge in [-0.05, 0) is 61.1 Å². The number of hydrogen-bond donors (Lipinski definition) is 1. The van der Waals surface area contributed by atoms with Crippen molar-refractivity contribution in [2.45, 2.75) is 36.9 Å². The lowest BCUT2D eigenvalue weighted by Gasteiger charge is -2.39. The fourth-order valence-corrected chi connectivity index (χ4v) is 5.04. The minimum Gasteiger partial charge on any atom is -0.365 e. The van der Waals surface area contributed by atoms with E-state index in [9.17, 15) is 5.26 Å². The van der Waals surface area contributed by atoms with Gasteiger partial charge >= 0.3 is 0 Å². The Kier molecular flexibility index (Phi) is 3.77. The smallest absolute Gasteiger partial charge is 0.132 e. The molecule has 0 atom stereocenters. The normalized spacial score (nSPS) is 19.7. The van der Waals surface area contributed by atoms with Gasteiger partial charge in [-0.2, -0.15) is 10.4 Å². The average Bonchev–Trinajstić information content (AvgIpc) is 3.74. The van der Waals surface area contributed by atoms with Crippen LogP contribution in [0, 0.1) is 11.3 Å². The Morgan fingerprint density at radius 3 is 2.48 bits per heavy atom. The van der Waals surface area contributed by atoms with Crippen molar-refractivity contribution in [1.29, 1.82) is 5.26 Å². The molecule has 0 radical (unpaired) electrons. The van der Waals surface area contributed by atoms with Crippen molar-refractivity contribution in [2.24, 2.45) is 0 Å². The molecule has 2 aliphatic carbocycles. The fourth-order valence-electron chi connectivity index (χ4n) is 5.04. The summed E-state index contributed by atoms with van der Waals surface area (Å²) in [7, 11) is 0. The number of nitrogens with zero attached hydrogens (tertiary/aromatic N) is 5. The third kappa shape index (κ3) is 3.18. The van der Waals surface area contributed by atoms with E-state index in [4.69, 9.17) is 4.74 Å². The van der Waals surface area contributed by atoms with Gasteiger partial charge in [-0.1, -0.05) is 18.2 Å². The van der Waals surface area contributed by atoms with Crippen LogP contribution >= 0.6 is 0 Å². The molecule has 1 saturated heterocycles. The van der Waals surface area contributed by atoms with Crippen LogP contribution in [0.25, 0.3) is 33.4 Å². The summed E-state index contributed by atoms with van der Waals surface area (Å²) < 4.78 is 6.44. The van der Waals surface area contributed by atoms with E-state index < -0.39 is 0 Å². The van der Waals surface area contributed by atoms with Crippen molar-refractivity contribution in [1.82, 2.24) is 20.2 Å². The number of hydrogen-bond acceptors (Lipinski definition) is 6. The summed E-state index contributed by atoms with van der Waals surface area (Å²) >= 11 is 0. The van der Waals surface area contributed by atoms with Gasteiger partial charge in [0.25, 0.3) is 0 Å². The number of benzene rings is 2. The summed E-state index contributed by atoms with van der Waals surface area (Å²) in [5, 5.41) is 18.0. The molecule has 3 heterocycles. The van der Waals surface area contributed by atoms with E-state index in [0.29, 0.717) is 5.56 Å². The molecule has 0 bridgehead atoms. The highest BCUT2D eigenvalue weighted by molar-refractivity contribution is 5.95. The Morgan fingerprint density at radius 1 is 0.939 bits per heavy atom. The van der Waals surface area contributed by atoms with Gasteiger partial charge in [0.1, 0.15) is 17.8 Å². The zero-order chi connectivity index (χ0) is 22.0. The van der Waals surface area contributed by atoms with Crippen LogP contribution in [0.15, 0.2) is 54.9 Å². The largest absolute Gasteiger partial charge is 0.365 e. The van der Waals surface area contributed by atoms with Crippen LogP contribution in [-0.4, -0.2) is 44.5 Å². The number of aromatic nitrogens is 4. The number of nitriles is 1. The molecule has 2 saturated carbocycles. The quantitative estimate of drug-likeness (QED) is 0.512. The predicted molar refractivity (Wildman–Crippen MR) is 124 cm³/mol. The molecule has 7 heteroatoms. The fraction of sp³-hybridized carbons (Fsp3) is 0.308. The van der Waals surface area contributed by atoms with Crippen molar-refractivity contribution in [3.05, 3.63) is 60.4 Å². The Balaban J connectivity index is 1.27. The maximum absolute atomic E-state index is 9.26. The first-order valence-electron chi connectivity index (χ1n) is 11.4. The monoisotopic (exact) mass is 434 g/mol. The van der Waals surface area contributed by atoms with Gasteiger partial charge in [-0.25, -0.2) is 9.97 Å². The molecule has 2 spiro atoms. The Labute approximate surface area is 191 Å². The van der Waals surface area contributed by atoms with Crippen molar-refractivity contribution in [3.63, 3.8) is 0 Å². The van der Waals surface area contributed by atoms with Crippen LogP contribution in [-0.2, 0) is 4.74 Å². The highest BCUT2D eigenvalue weighted by Gasteiger charge is 2.60. The van der Waals surface area contributed by atoms with Crippen LogP contribution < -0.4 is 4.90 Å². The highest BCUT2D eigenvalue weighted by Crippen LogP contribution is 2.55. The topological polar surface area (TPSA) is 90.7 Å². The molecule has 33 heavy (non-hydrogen) atoms. The van der Waals surface area contributed by atoms with Gasteiger partial charge < -0.3 is 9.64 Å². The van der Waals surface area contributed by atoms with Crippen LogP contribution in [0.4, 0.5) is 5.82 Å². The zero-order valence-electron chi connectivity index (χ0n) is 18.1. The Morgan fingerprint density at radius 2 is 1.73 bits per heavy atom. The number of ether oxygens (including phenoxy) is 1. The zero-order valence-corrected chi connectivity index (χ0v) is 18.1. The molecule has 1 aliphatic heterocycles. The summed E-state index contributed by atoms with van der Waals surface area (Å²) in [6, 6.07) is 18.1. The van der Waals surface area contributed by atoms with Crippen LogP contribution in [0.2, 0.25) is 0 Å². The summed E-state index contributed by atoms with van der Waals surface area (Å²) in [6.07, 6.45) is 6.21.